The van der Waals surface area contributed by atoms with Crippen molar-refractivity contribution >= 4 is 26.2 Å². The minimum Gasteiger partial charge on any atom is -0.299 e. The molecule has 0 aromatic carbocycles. The zero-order valence-corrected chi connectivity index (χ0v) is 18.5. The van der Waals surface area contributed by atoms with Crippen LogP contribution in [0.2, 0.25) is 0 Å². The van der Waals surface area contributed by atoms with Crippen LogP contribution in [0.15, 0.2) is 0 Å². The summed E-state index contributed by atoms with van der Waals surface area (Å²) in [5, 5.41) is 0. The van der Waals surface area contributed by atoms with Crippen molar-refractivity contribution in [2.75, 3.05) is 23.0 Å². The van der Waals surface area contributed by atoms with E-state index in [2.05, 4.69) is 20.8 Å². The third-order valence-electron chi connectivity index (χ3n) is 4.22. The number of hydrogen-bond donors (Lipinski definition) is 0. The van der Waals surface area contributed by atoms with Gasteiger partial charge in [0.2, 0.25) is 0 Å². The Labute approximate surface area is 158 Å². The van der Waals surface area contributed by atoms with Gasteiger partial charge in [-0.1, -0.05) is 59.8 Å². The Morgan fingerprint density at radius 1 is 0.720 bits per heavy atom. The SMILES string of the molecule is CCCCCC(=O)CS(CCCC)(CCCC)OS(=O)(=O)CCCC. The van der Waals surface area contributed by atoms with Crippen LogP contribution in [0.25, 0.3) is 0 Å². The van der Waals surface area contributed by atoms with Crippen LogP contribution in [0.5, 0.6) is 0 Å². The molecular formula is C19H40O4S2. The molecule has 0 amide bonds. The number of unbranched alkanes of at least 4 members (excludes halogenated alkanes) is 5. The van der Waals surface area contributed by atoms with E-state index < -0.39 is 20.4 Å². The quantitative estimate of drug-likeness (QED) is 0.300. The van der Waals surface area contributed by atoms with Crippen molar-refractivity contribution in [1.29, 1.82) is 0 Å². The summed E-state index contributed by atoms with van der Waals surface area (Å²) in [6.07, 6.45) is 8.84. The van der Waals surface area contributed by atoms with Crippen LogP contribution in [-0.2, 0) is 18.5 Å². The summed E-state index contributed by atoms with van der Waals surface area (Å²) in [7, 11) is -5.43. The predicted octanol–water partition coefficient (Wildman–Crippen LogP) is 5.60. The minimum atomic E-state index is -3.55. The molecule has 0 aliphatic rings. The monoisotopic (exact) mass is 396 g/mol. The zero-order chi connectivity index (χ0) is 19.2. The van der Waals surface area contributed by atoms with Crippen molar-refractivity contribution in [2.24, 2.45) is 0 Å². The van der Waals surface area contributed by atoms with Crippen molar-refractivity contribution < 1.29 is 16.8 Å². The molecule has 0 rings (SSSR count). The van der Waals surface area contributed by atoms with E-state index in [9.17, 15) is 13.2 Å². The molecule has 25 heavy (non-hydrogen) atoms. The van der Waals surface area contributed by atoms with Gasteiger partial charge in [0.15, 0.2) is 0 Å². The Balaban J connectivity index is 5.22. The highest BCUT2D eigenvalue weighted by molar-refractivity contribution is 8.33. The number of ketones is 1. The summed E-state index contributed by atoms with van der Waals surface area (Å²) in [6.45, 7) is 8.28. The zero-order valence-electron chi connectivity index (χ0n) is 16.8. The second kappa shape index (κ2) is 14.0. The summed E-state index contributed by atoms with van der Waals surface area (Å²) in [5.41, 5.74) is 0. The van der Waals surface area contributed by atoms with E-state index in [1.165, 1.54) is 0 Å². The molecule has 0 atom stereocenters. The second-order valence-corrected chi connectivity index (χ2v) is 12.0. The van der Waals surface area contributed by atoms with E-state index in [4.69, 9.17) is 3.63 Å². The van der Waals surface area contributed by atoms with Gasteiger partial charge in [0.05, 0.1) is 11.5 Å². The lowest BCUT2D eigenvalue weighted by Gasteiger charge is -2.38. The van der Waals surface area contributed by atoms with Crippen LogP contribution in [0, 0.1) is 0 Å². The maximum absolute atomic E-state index is 12.5. The lowest BCUT2D eigenvalue weighted by atomic mass is 10.2. The fourth-order valence-corrected chi connectivity index (χ4v) is 8.93. The molecule has 6 heteroatoms. The maximum Gasteiger partial charge on any atom is 0.276 e. The molecule has 0 saturated carbocycles. The third-order valence-corrected chi connectivity index (χ3v) is 9.91. The van der Waals surface area contributed by atoms with Crippen LogP contribution in [0.3, 0.4) is 0 Å². The molecule has 0 aliphatic carbocycles. The van der Waals surface area contributed by atoms with Crippen molar-refractivity contribution in [3.05, 3.63) is 0 Å². The number of carbonyl (C=O) groups excluding carboxylic acids is 1. The van der Waals surface area contributed by atoms with Crippen LogP contribution in [-0.4, -0.2) is 37.2 Å². The molecule has 0 radical (unpaired) electrons. The maximum atomic E-state index is 12.5. The Hall–Kier alpha value is -0.0700. The highest BCUT2D eigenvalue weighted by Crippen LogP contribution is 2.52. The van der Waals surface area contributed by atoms with Gasteiger partial charge in [-0.2, -0.15) is 8.42 Å². The van der Waals surface area contributed by atoms with Crippen molar-refractivity contribution in [3.8, 4) is 0 Å². The van der Waals surface area contributed by atoms with E-state index in [0.717, 1.165) is 62.9 Å². The minimum absolute atomic E-state index is 0.0700. The standard InChI is InChI=1S/C19H40O4S2/c1-5-9-13-14-19(20)18-24(15-10-6-2,16-11-7-3)23-25(21,22)17-12-8-4/h5-18H2,1-4H3. The number of carbonyl (C=O) groups is 1. The second-order valence-electron chi connectivity index (χ2n) is 6.90. The number of Topliss-reactive ketones (excluding diaryl/α,β-unsaturated/α-hetero) is 1. The lowest BCUT2D eigenvalue weighted by molar-refractivity contribution is -0.116. The first kappa shape index (κ1) is 24.9. The first-order valence-corrected chi connectivity index (χ1v) is 13.7. The average molecular weight is 397 g/mol. The van der Waals surface area contributed by atoms with Gasteiger partial charge in [-0.3, -0.25) is 4.79 Å². The first-order chi connectivity index (χ1) is 11.8. The Bertz CT molecular complexity index is 438. The fraction of sp³-hybridized carbons (Fsp3) is 0.947. The molecule has 0 unspecified atom stereocenters. The van der Waals surface area contributed by atoms with Crippen LogP contribution < -0.4 is 0 Å². The molecule has 152 valence electrons. The Morgan fingerprint density at radius 2 is 1.20 bits per heavy atom. The summed E-state index contributed by atoms with van der Waals surface area (Å²) < 4.78 is 30.8. The predicted molar refractivity (Wildman–Crippen MR) is 111 cm³/mol. The highest BCUT2D eigenvalue weighted by Gasteiger charge is 2.32. The molecule has 0 fully saturated rings. The molecule has 4 nitrogen and oxygen atoms in total. The molecule has 0 bridgehead atoms. The molecule has 0 aliphatic heterocycles. The number of rotatable bonds is 17. The topological polar surface area (TPSA) is 60.4 Å². The molecule has 0 spiro atoms. The van der Waals surface area contributed by atoms with Crippen molar-refractivity contribution in [3.63, 3.8) is 0 Å². The van der Waals surface area contributed by atoms with Gasteiger partial charge in [-0.15, -0.1) is 10.3 Å². The van der Waals surface area contributed by atoms with Gasteiger partial charge < -0.3 is 0 Å². The summed E-state index contributed by atoms with van der Waals surface area (Å²) in [4.78, 5) is 12.5. The van der Waals surface area contributed by atoms with Gasteiger partial charge in [-0.05, 0) is 25.7 Å². The molecule has 0 aromatic heterocycles. The molecule has 0 aromatic rings. The van der Waals surface area contributed by atoms with Gasteiger partial charge in [-0.25, -0.2) is 3.63 Å². The summed E-state index contributed by atoms with van der Waals surface area (Å²) in [5.74, 6) is 2.03. The summed E-state index contributed by atoms with van der Waals surface area (Å²) in [6, 6.07) is 0. The van der Waals surface area contributed by atoms with Crippen LogP contribution >= 0.6 is 10.3 Å². The van der Waals surface area contributed by atoms with Gasteiger partial charge in [0.1, 0.15) is 5.78 Å². The first-order valence-electron chi connectivity index (χ1n) is 10.1. The number of hydrogen-bond acceptors (Lipinski definition) is 4. The van der Waals surface area contributed by atoms with Gasteiger partial charge in [0, 0.05) is 17.9 Å². The third kappa shape index (κ3) is 12.0. The van der Waals surface area contributed by atoms with E-state index in [0.29, 0.717) is 18.6 Å². The van der Waals surface area contributed by atoms with E-state index in [1.54, 1.807) is 0 Å². The fourth-order valence-electron chi connectivity index (χ4n) is 2.67. The Kier molecular flexibility index (Phi) is 14.0. The largest absolute Gasteiger partial charge is 0.299 e. The van der Waals surface area contributed by atoms with Crippen LogP contribution in [0.4, 0.5) is 0 Å². The molecule has 0 N–H and O–H groups in total. The smallest absolute Gasteiger partial charge is 0.276 e. The van der Waals surface area contributed by atoms with Crippen molar-refractivity contribution in [2.45, 2.75) is 91.9 Å². The normalized spacial score (nSPS) is 13.1. The van der Waals surface area contributed by atoms with E-state index in [1.807, 2.05) is 6.92 Å². The highest BCUT2D eigenvalue weighted by atomic mass is 32.3. The van der Waals surface area contributed by atoms with Crippen molar-refractivity contribution in [1.82, 2.24) is 0 Å². The lowest BCUT2D eigenvalue weighted by Crippen LogP contribution is -2.26. The van der Waals surface area contributed by atoms with Gasteiger partial charge in [0.25, 0.3) is 10.1 Å². The van der Waals surface area contributed by atoms with E-state index in [-0.39, 0.29) is 11.5 Å². The average Bonchev–Trinajstić information content (AvgIpc) is 2.56. The van der Waals surface area contributed by atoms with E-state index >= 15 is 0 Å². The van der Waals surface area contributed by atoms with Gasteiger partial charge >= 0.3 is 0 Å². The van der Waals surface area contributed by atoms with Crippen LogP contribution in [0.1, 0.15) is 91.9 Å². The Morgan fingerprint density at radius 3 is 1.68 bits per heavy atom. The molecule has 0 saturated heterocycles. The summed E-state index contributed by atoms with van der Waals surface area (Å²) >= 11 is 0. The molecular weight excluding hydrogens is 356 g/mol. The molecule has 0 heterocycles.